The summed E-state index contributed by atoms with van der Waals surface area (Å²) in [5.41, 5.74) is 1.69. The number of rotatable bonds is 4. The van der Waals surface area contributed by atoms with Crippen molar-refractivity contribution in [2.45, 2.75) is 25.2 Å². The monoisotopic (exact) mass is 264 g/mol. The zero-order chi connectivity index (χ0) is 13.8. The van der Waals surface area contributed by atoms with Crippen LogP contribution in [0.15, 0.2) is 18.2 Å². The normalized spacial score (nSPS) is 17.4. The molecule has 5 nitrogen and oxygen atoms in total. The molecule has 0 saturated carbocycles. The van der Waals surface area contributed by atoms with Crippen molar-refractivity contribution in [2.75, 3.05) is 13.7 Å². The van der Waals surface area contributed by atoms with Gasteiger partial charge < -0.3 is 14.6 Å². The van der Waals surface area contributed by atoms with Crippen LogP contribution in [0.2, 0.25) is 0 Å². The fraction of sp³-hybridized carbons (Fsp3) is 0.429. The summed E-state index contributed by atoms with van der Waals surface area (Å²) in [4.78, 5) is 22.3. The molecular weight excluding hydrogens is 248 g/mol. The van der Waals surface area contributed by atoms with E-state index >= 15 is 0 Å². The topological polar surface area (TPSA) is 72.8 Å². The maximum absolute atomic E-state index is 11.2. The van der Waals surface area contributed by atoms with Gasteiger partial charge in [-0.25, -0.2) is 4.79 Å². The van der Waals surface area contributed by atoms with Gasteiger partial charge in [0.1, 0.15) is 5.75 Å². The largest absolute Gasteiger partial charge is 0.482 e. The number of methoxy groups -OCH3 is 1. The molecule has 1 aliphatic rings. The second-order valence-electron chi connectivity index (χ2n) is 4.47. The number of esters is 1. The van der Waals surface area contributed by atoms with Gasteiger partial charge in [-0.1, -0.05) is 12.1 Å². The average Bonchev–Trinajstić information content (AvgIpc) is 2.43. The van der Waals surface area contributed by atoms with Gasteiger partial charge in [0.15, 0.2) is 6.61 Å². The molecule has 0 aliphatic heterocycles. The summed E-state index contributed by atoms with van der Waals surface area (Å²) in [6.07, 6.45) is 2.22. The highest BCUT2D eigenvalue weighted by Gasteiger charge is 2.28. The van der Waals surface area contributed by atoms with Gasteiger partial charge in [-0.05, 0) is 36.5 Å². The number of carbonyl (C=O) groups is 2. The molecule has 1 aromatic rings. The Morgan fingerprint density at radius 2 is 2.21 bits per heavy atom. The van der Waals surface area contributed by atoms with Crippen molar-refractivity contribution in [3.05, 3.63) is 29.3 Å². The van der Waals surface area contributed by atoms with E-state index in [0.29, 0.717) is 12.2 Å². The summed E-state index contributed by atoms with van der Waals surface area (Å²) < 4.78 is 9.93. The SMILES string of the molecule is COC(=O)COc1cccc2c1CCCC2C(=O)O. The van der Waals surface area contributed by atoms with Gasteiger partial charge in [-0.2, -0.15) is 0 Å². The van der Waals surface area contributed by atoms with Gasteiger partial charge in [0, 0.05) is 0 Å². The van der Waals surface area contributed by atoms with Crippen molar-refractivity contribution in [1.82, 2.24) is 0 Å². The molecule has 2 rings (SSSR count). The van der Waals surface area contributed by atoms with Crippen LogP contribution in [0, 0.1) is 0 Å². The quantitative estimate of drug-likeness (QED) is 0.839. The Morgan fingerprint density at radius 3 is 2.89 bits per heavy atom. The highest BCUT2D eigenvalue weighted by atomic mass is 16.6. The van der Waals surface area contributed by atoms with E-state index < -0.39 is 17.9 Å². The molecule has 0 aromatic heterocycles. The fourth-order valence-electron chi connectivity index (χ4n) is 2.40. The predicted octanol–water partition coefficient (Wildman–Crippen LogP) is 1.74. The van der Waals surface area contributed by atoms with Crippen LogP contribution in [-0.4, -0.2) is 30.8 Å². The minimum absolute atomic E-state index is 0.162. The first kappa shape index (κ1) is 13.4. The predicted molar refractivity (Wildman–Crippen MR) is 67.3 cm³/mol. The Hall–Kier alpha value is -2.04. The van der Waals surface area contributed by atoms with Crippen molar-refractivity contribution >= 4 is 11.9 Å². The first-order valence-corrected chi connectivity index (χ1v) is 6.17. The Balaban J connectivity index is 2.25. The van der Waals surface area contributed by atoms with Gasteiger partial charge in [0.25, 0.3) is 0 Å². The Kier molecular flexibility index (Phi) is 4.04. The lowest BCUT2D eigenvalue weighted by atomic mass is 9.82. The second-order valence-corrected chi connectivity index (χ2v) is 4.47. The van der Waals surface area contributed by atoms with Gasteiger partial charge >= 0.3 is 11.9 Å². The summed E-state index contributed by atoms with van der Waals surface area (Å²) >= 11 is 0. The molecule has 1 aliphatic carbocycles. The molecule has 19 heavy (non-hydrogen) atoms. The molecule has 1 aromatic carbocycles. The van der Waals surface area contributed by atoms with E-state index in [4.69, 9.17) is 4.74 Å². The van der Waals surface area contributed by atoms with Gasteiger partial charge in [-0.3, -0.25) is 4.79 Å². The van der Waals surface area contributed by atoms with Crippen molar-refractivity contribution in [2.24, 2.45) is 0 Å². The number of benzene rings is 1. The molecule has 0 fully saturated rings. The number of hydrogen-bond donors (Lipinski definition) is 1. The van der Waals surface area contributed by atoms with Crippen molar-refractivity contribution in [3.63, 3.8) is 0 Å². The lowest BCUT2D eigenvalue weighted by Gasteiger charge is -2.24. The average molecular weight is 264 g/mol. The van der Waals surface area contributed by atoms with Crippen LogP contribution in [0.4, 0.5) is 0 Å². The van der Waals surface area contributed by atoms with Crippen LogP contribution < -0.4 is 4.74 Å². The zero-order valence-corrected chi connectivity index (χ0v) is 10.7. The molecule has 0 heterocycles. The summed E-state index contributed by atoms with van der Waals surface area (Å²) in [7, 11) is 1.30. The smallest absolute Gasteiger partial charge is 0.343 e. The summed E-state index contributed by atoms with van der Waals surface area (Å²) in [5.74, 6) is -1.17. The zero-order valence-electron chi connectivity index (χ0n) is 10.7. The first-order valence-electron chi connectivity index (χ1n) is 6.17. The van der Waals surface area contributed by atoms with E-state index in [-0.39, 0.29) is 6.61 Å². The molecular formula is C14H16O5. The minimum atomic E-state index is -0.814. The maximum atomic E-state index is 11.2. The van der Waals surface area contributed by atoms with Gasteiger partial charge in [0.2, 0.25) is 0 Å². The summed E-state index contributed by atoms with van der Waals surface area (Å²) in [5, 5.41) is 9.22. The molecule has 0 radical (unpaired) electrons. The number of carboxylic acids is 1. The third-order valence-corrected chi connectivity index (χ3v) is 3.34. The van der Waals surface area contributed by atoms with Crippen LogP contribution in [0.25, 0.3) is 0 Å². The number of aliphatic carboxylic acids is 1. The molecule has 0 bridgehead atoms. The highest BCUT2D eigenvalue weighted by molar-refractivity contribution is 5.77. The summed E-state index contributed by atoms with van der Waals surface area (Å²) in [6, 6.07) is 5.33. The van der Waals surface area contributed by atoms with Crippen LogP contribution in [0.3, 0.4) is 0 Å². The molecule has 1 atom stereocenters. The third-order valence-electron chi connectivity index (χ3n) is 3.34. The minimum Gasteiger partial charge on any atom is -0.482 e. The molecule has 1 unspecified atom stereocenters. The van der Waals surface area contributed by atoms with Crippen LogP contribution in [-0.2, 0) is 20.7 Å². The number of ether oxygens (including phenoxy) is 2. The second kappa shape index (κ2) is 5.73. The van der Waals surface area contributed by atoms with Crippen molar-refractivity contribution < 1.29 is 24.2 Å². The van der Waals surface area contributed by atoms with E-state index in [1.54, 1.807) is 12.1 Å². The Bertz CT molecular complexity index is 495. The van der Waals surface area contributed by atoms with E-state index in [2.05, 4.69) is 4.74 Å². The standard InChI is InChI=1S/C14H16O5/c1-18-13(15)8-19-12-7-3-4-9-10(12)5-2-6-11(9)14(16)17/h3-4,7,11H,2,5-6,8H2,1H3,(H,16,17). The number of hydrogen-bond acceptors (Lipinski definition) is 4. The maximum Gasteiger partial charge on any atom is 0.343 e. The molecule has 0 spiro atoms. The lowest BCUT2D eigenvalue weighted by molar-refractivity contribution is -0.143. The van der Waals surface area contributed by atoms with Gasteiger partial charge in [0.05, 0.1) is 13.0 Å². The van der Waals surface area contributed by atoms with Crippen LogP contribution >= 0.6 is 0 Å². The van der Waals surface area contributed by atoms with Gasteiger partial charge in [-0.15, -0.1) is 0 Å². The van der Waals surface area contributed by atoms with E-state index in [1.807, 2.05) is 6.07 Å². The molecule has 5 heteroatoms. The summed E-state index contributed by atoms with van der Waals surface area (Å²) in [6.45, 7) is -0.162. The van der Waals surface area contributed by atoms with E-state index in [0.717, 1.165) is 24.0 Å². The van der Waals surface area contributed by atoms with Crippen LogP contribution in [0.1, 0.15) is 29.9 Å². The Morgan fingerprint density at radius 1 is 1.42 bits per heavy atom. The molecule has 0 saturated heterocycles. The van der Waals surface area contributed by atoms with E-state index in [1.165, 1.54) is 7.11 Å². The number of carboxylic acid groups (broad SMARTS) is 1. The fourth-order valence-corrected chi connectivity index (χ4v) is 2.40. The molecule has 102 valence electrons. The Labute approximate surface area is 111 Å². The van der Waals surface area contributed by atoms with Crippen LogP contribution in [0.5, 0.6) is 5.75 Å². The molecule has 1 N–H and O–H groups in total. The first-order chi connectivity index (χ1) is 9.13. The van der Waals surface area contributed by atoms with E-state index in [9.17, 15) is 14.7 Å². The number of fused-ring (bicyclic) bond motifs is 1. The third kappa shape index (κ3) is 2.86. The van der Waals surface area contributed by atoms with Crippen molar-refractivity contribution in [1.29, 1.82) is 0 Å². The van der Waals surface area contributed by atoms with Crippen molar-refractivity contribution in [3.8, 4) is 5.75 Å². The lowest BCUT2D eigenvalue weighted by Crippen LogP contribution is -2.20. The molecule has 0 amide bonds. The number of carbonyl (C=O) groups excluding carboxylic acids is 1. The highest BCUT2D eigenvalue weighted by Crippen LogP contribution is 2.36.